The number of nitrogens with two attached hydrogens (primary N) is 1. The van der Waals surface area contributed by atoms with Gasteiger partial charge in [-0.1, -0.05) is 0 Å². The zero-order valence-electron chi connectivity index (χ0n) is 12.5. The Balaban J connectivity index is 0.00000121. The number of halogens is 2. The second-order valence-electron chi connectivity index (χ2n) is 5.83. The second kappa shape index (κ2) is 8.67. The lowest BCUT2D eigenvalue weighted by Gasteiger charge is -2.15. The molecule has 124 valence electrons. The van der Waals surface area contributed by atoms with Gasteiger partial charge in [0, 0.05) is 37.4 Å². The summed E-state index contributed by atoms with van der Waals surface area (Å²) in [5, 5.41) is 3.04. The van der Waals surface area contributed by atoms with E-state index in [4.69, 9.17) is 5.73 Å². The third-order valence-corrected chi connectivity index (χ3v) is 4.22. The maximum absolute atomic E-state index is 12.1. The van der Waals surface area contributed by atoms with Crippen LogP contribution < -0.4 is 11.1 Å². The molecule has 0 radical (unpaired) electrons. The molecule has 0 aromatic carbocycles. The van der Waals surface area contributed by atoms with E-state index in [9.17, 15) is 4.79 Å². The lowest BCUT2D eigenvalue weighted by molar-refractivity contribution is 0.0947. The molecule has 22 heavy (non-hydrogen) atoms. The Kier molecular flexibility index (Phi) is 7.56. The molecular formula is C15H24Cl2N4O. The molecule has 1 atom stereocenters. The van der Waals surface area contributed by atoms with Gasteiger partial charge in [0.25, 0.3) is 5.91 Å². The van der Waals surface area contributed by atoms with E-state index in [0.717, 1.165) is 24.8 Å². The number of carbonyl (C=O) groups excluding carboxylic acids is 1. The highest BCUT2D eigenvalue weighted by Crippen LogP contribution is 2.31. The van der Waals surface area contributed by atoms with Crippen LogP contribution in [-0.2, 0) is 6.54 Å². The lowest BCUT2D eigenvalue weighted by Crippen LogP contribution is -2.31. The minimum Gasteiger partial charge on any atom is -0.352 e. The fraction of sp³-hybridized carbons (Fsp3) is 0.600. The van der Waals surface area contributed by atoms with Gasteiger partial charge < -0.3 is 16.0 Å². The number of hydrogen-bond donors (Lipinski definition) is 2. The fourth-order valence-electron chi connectivity index (χ4n) is 2.87. The van der Waals surface area contributed by atoms with Crippen LogP contribution in [0.25, 0.3) is 0 Å². The smallest absolute Gasteiger partial charge is 0.251 e. The number of likely N-dealkylation sites (tertiary alicyclic amines) is 1. The van der Waals surface area contributed by atoms with Crippen molar-refractivity contribution in [2.75, 3.05) is 19.6 Å². The highest BCUT2D eigenvalue weighted by atomic mass is 35.5. The molecule has 7 heteroatoms. The van der Waals surface area contributed by atoms with E-state index >= 15 is 0 Å². The summed E-state index contributed by atoms with van der Waals surface area (Å²) in [5.74, 6) is 0.572. The number of nitrogens with one attached hydrogen (secondary N) is 1. The summed E-state index contributed by atoms with van der Waals surface area (Å²) in [4.78, 5) is 18.8. The monoisotopic (exact) mass is 346 g/mol. The van der Waals surface area contributed by atoms with E-state index in [1.165, 1.54) is 25.8 Å². The third-order valence-electron chi connectivity index (χ3n) is 4.22. The molecule has 1 aliphatic carbocycles. The van der Waals surface area contributed by atoms with Gasteiger partial charge in [-0.25, -0.2) is 0 Å². The predicted molar refractivity (Wildman–Crippen MR) is 91.7 cm³/mol. The van der Waals surface area contributed by atoms with Gasteiger partial charge in [0.1, 0.15) is 0 Å². The molecule has 1 saturated carbocycles. The van der Waals surface area contributed by atoms with E-state index in [2.05, 4.69) is 15.2 Å². The first-order valence-corrected chi connectivity index (χ1v) is 7.43. The van der Waals surface area contributed by atoms with Crippen molar-refractivity contribution in [3.05, 3.63) is 29.6 Å². The van der Waals surface area contributed by atoms with Crippen molar-refractivity contribution in [2.45, 2.75) is 31.8 Å². The SMILES string of the molecule is Cl.Cl.NCc1cc(C(=O)NCC2CCN(C3CC3)C2)ccn1. The van der Waals surface area contributed by atoms with Crippen molar-refractivity contribution >= 4 is 30.7 Å². The van der Waals surface area contributed by atoms with Gasteiger partial charge in [-0.05, 0) is 43.9 Å². The summed E-state index contributed by atoms with van der Waals surface area (Å²) in [7, 11) is 0. The molecule has 0 bridgehead atoms. The molecule has 5 nitrogen and oxygen atoms in total. The molecule has 1 aromatic rings. The minimum atomic E-state index is -0.0213. The van der Waals surface area contributed by atoms with Crippen molar-refractivity contribution < 1.29 is 4.79 Å². The van der Waals surface area contributed by atoms with Crippen molar-refractivity contribution in [2.24, 2.45) is 11.7 Å². The van der Waals surface area contributed by atoms with Gasteiger partial charge >= 0.3 is 0 Å². The number of aromatic nitrogens is 1. The maximum Gasteiger partial charge on any atom is 0.251 e. The molecule has 0 spiro atoms. The highest BCUT2D eigenvalue weighted by Gasteiger charge is 2.34. The van der Waals surface area contributed by atoms with E-state index in [-0.39, 0.29) is 30.7 Å². The van der Waals surface area contributed by atoms with E-state index < -0.39 is 0 Å². The van der Waals surface area contributed by atoms with Gasteiger partial charge in [-0.15, -0.1) is 24.8 Å². The largest absolute Gasteiger partial charge is 0.352 e. The van der Waals surface area contributed by atoms with E-state index in [1.54, 1.807) is 18.3 Å². The van der Waals surface area contributed by atoms with Crippen molar-refractivity contribution in [3.8, 4) is 0 Å². The number of rotatable bonds is 5. The van der Waals surface area contributed by atoms with Crippen LogP contribution in [0.5, 0.6) is 0 Å². The molecule has 3 rings (SSSR count). The second-order valence-corrected chi connectivity index (χ2v) is 5.83. The molecule has 1 aromatic heterocycles. The third kappa shape index (κ3) is 4.81. The van der Waals surface area contributed by atoms with Gasteiger partial charge in [-0.3, -0.25) is 9.78 Å². The summed E-state index contributed by atoms with van der Waals surface area (Å²) in [5.41, 5.74) is 6.94. The Morgan fingerprint density at radius 1 is 1.36 bits per heavy atom. The van der Waals surface area contributed by atoms with Gasteiger partial charge in [0.2, 0.25) is 0 Å². The molecule has 3 N–H and O–H groups in total. The first-order chi connectivity index (χ1) is 9.76. The first-order valence-electron chi connectivity index (χ1n) is 7.43. The van der Waals surface area contributed by atoms with Gasteiger partial charge in [0.15, 0.2) is 0 Å². The normalized spacial score (nSPS) is 20.9. The van der Waals surface area contributed by atoms with Crippen LogP contribution in [0.2, 0.25) is 0 Å². The Labute approximate surface area is 143 Å². The highest BCUT2D eigenvalue weighted by molar-refractivity contribution is 5.94. The summed E-state index contributed by atoms with van der Waals surface area (Å²) in [6.45, 7) is 3.45. The Hall–Kier alpha value is -0.880. The maximum atomic E-state index is 12.1. The Morgan fingerprint density at radius 2 is 2.14 bits per heavy atom. The van der Waals surface area contributed by atoms with Crippen LogP contribution in [0.3, 0.4) is 0 Å². The number of amides is 1. The number of pyridine rings is 1. The number of carbonyl (C=O) groups is 1. The minimum absolute atomic E-state index is 0. The van der Waals surface area contributed by atoms with Crippen LogP contribution in [-0.4, -0.2) is 41.5 Å². The molecule has 1 amide bonds. The van der Waals surface area contributed by atoms with Crippen LogP contribution in [0.4, 0.5) is 0 Å². The molecule has 2 aliphatic rings. The average Bonchev–Trinajstić information content (AvgIpc) is 3.24. The van der Waals surface area contributed by atoms with Crippen LogP contribution in [0.1, 0.15) is 35.3 Å². The number of nitrogens with zero attached hydrogens (tertiary/aromatic N) is 2. The van der Waals surface area contributed by atoms with Crippen molar-refractivity contribution in [1.29, 1.82) is 0 Å². The zero-order chi connectivity index (χ0) is 13.9. The van der Waals surface area contributed by atoms with E-state index in [1.807, 2.05) is 0 Å². The van der Waals surface area contributed by atoms with E-state index in [0.29, 0.717) is 18.0 Å². The first kappa shape index (κ1) is 19.2. The predicted octanol–water partition coefficient (Wildman–Crippen LogP) is 1.60. The summed E-state index contributed by atoms with van der Waals surface area (Å²) in [6.07, 6.45) is 5.55. The average molecular weight is 347 g/mol. The van der Waals surface area contributed by atoms with Crippen molar-refractivity contribution in [1.82, 2.24) is 15.2 Å². The zero-order valence-corrected chi connectivity index (χ0v) is 14.2. The van der Waals surface area contributed by atoms with Crippen LogP contribution in [0.15, 0.2) is 18.3 Å². The summed E-state index contributed by atoms with van der Waals surface area (Å²) >= 11 is 0. The standard InChI is InChI=1S/C15H22N4O.2ClH/c16-8-13-7-12(3-5-17-13)15(20)18-9-11-4-6-19(10-11)14-1-2-14;;/h3,5,7,11,14H,1-2,4,6,8-10,16H2,(H,18,20);2*1H. The quantitative estimate of drug-likeness (QED) is 0.849. The van der Waals surface area contributed by atoms with Gasteiger partial charge in [0.05, 0.1) is 5.69 Å². The Bertz CT molecular complexity index is 496. The molecule has 1 saturated heterocycles. The molecule has 1 unspecified atom stereocenters. The summed E-state index contributed by atoms with van der Waals surface area (Å²) in [6, 6.07) is 4.34. The fourth-order valence-corrected chi connectivity index (χ4v) is 2.87. The van der Waals surface area contributed by atoms with Gasteiger partial charge in [-0.2, -0.15) is 0 Å². The topological polar surface area (TPSA) is 71.2 Å². The Morgan fingerprint density at radius 3 is 2.82 bits per heavy atom. The van der Waals surface area contributed by atoms with Crippen molar-refractivity contribution in [3.63, 3.8) is 0 Å². The molecule has 2 fully saturated rings. The summed E-state index contributed by atoms with van der Waals surface area (Å²) < 4.78 is 0. The van der Waals surface area contributed by atoms with Crippen LogP contribution in [0, 0.1) is 5.92 Å². The molecule has 2 heterocycles. The van der Waals surface area contributed by atoms with Crippen LogP contribution >= 0.6 is 24.8 Å². The lowest BCUT2D eigenvalue weighted by atomic mass is 10.1. The number of hydrogen-bond acceptors (Lipinski definition) is 4. The molecular weight excluding hydrogens is 323 g/mol. The molecule has 1 aliphatic heterocycles.